The van der Waals surface area contributed by atoms with Crippen LogP contribution in [0.25, 0.3) is 10.9 Å². The molecule has 1 fully saturated rings. The summed E-state index contributed by atoms with van der Waals surface area (Å²) in [6, 6.07) is 3.67. The molecule has 3 heterocycles. The zero-order valence-electron chi connectivity index (χ0n) is 16.8. The highest BCUT2D eigenvalue weighted by atomic mass is 16.2. The summed E-state index contributed by atoms with van der Waals surface area (Å²) in [5.74, 6) is 0.479. The van der Waals surface area contributed by atoms with Crippen LogP contribution in [-0.2, 0) is 16.1 Å². The smallest absolute Gasteiger partial charge is 0.237 e. The second-order valence-corrected chi connectivity index (χ2v) is 8.09. The van der Waals surface area contributed by atoms with Crippen molar-refractivity contribution in [3.05, 3.63) is 30.7 Å². The van der Waals surface area contributed by atoms with Crippen LogP contribution in [0.15, 0.2) is 30.7 Å². The molecule has 0 aliphatic carbocycles. The van der Waals surface area contributed by atoms with E-state index in [0.29, 0.717) is 38.4 Å². The Hall–Kier alpha value is -2.41. The maximum Gasteiger partial charge on any atom is 0.237 e. The molecule has 1 aliphatic heterocycles. The van der Waals surface area contributed by atoms with Gasteiger partial charge in [0.15, 0.2) is 0 Å². The summed E-state index contributed by atoms with van der Waals surface area (Å²) in [6.45, 7) is 6.12. The Bertz CT molecular complexity index is 808. The third-order valence-corrected chi connectivity index (χ3v) is 5.40. The van der Waals surface area contributed by atoms with Gasteiger partial charge in [-0.15, -0.1) is 0 Å². The van der Waals surface area contributed by atoms with E-state index >= 15 is 0 Å². The topological polar surface area (TPSA) is 93.3 Å². The van der Waals surface area contributed by atoms with E-state index in [9.17, 15) is 9.59 Å². The number of carbonyl (C=O) groups excluding carboxylic acids is 2. The van der Waals surface area contributed by atoms with E-state index in [1.54, 1.807) is 6.20 Å². The van der Waals surface area contributed by atoms with E-state index in [1.807, 2.05) is 29.4 Å². The molecule has 2 aromatic rings. The van der Waals surface area contributed by atoms with Crippen LogP contribution < -0.4 is 11.1 Å². The second-order valence-electron chi connectivity index (χ2n) is 8.09. The Morgan fingerprint density at radius 2 is 2.04 bits per heavy atom. The van der Waals surface area contributed by atoms with Gasteiger partial charge in [-0.2, -0.15) is 0 Å². The van der Waals surface area contributed by atoms with Crippen molar-refractivity contribution in [2.45, 2.75) is 58.2 Å². The number of nitrogens with one attached hydrogen (secondary N) is 1. The van der Waals surface area contributed by atoms with E-state index in [-0.39, 0.29) is 17.9 Å². The zero-order valence-corrected chi connectivity index (χ0v) is 16.8. The number of pyridine rings is 1. The number of aromatic nitrogens is 2. The molecule has 7 nitrogen and oxygen atoms in total. The van der Waals surface area contributed by atoms with Gasteiger partial charge in [0.1, 0.15) is 0 Å². The average molecular weight is 386 g/mol. The van der Waals surface area contributed by atoms with E-state index in [4.69, 9.17) is 5.73 Å². The fourth-order valence-corrected chi connectivity index (χ4v) is 3.79. The van der Waals surface area contributed by atoms with Crippen LogP contribution in [0.3, 0.4) is 0 Å². The van der Waals surface area contributed by atoms with Gasteiger partial charge in [-0.3, -0.25) is 14.6 Å². The molecule has 2 aromatic heterocycles. The van der Waals surface area contributed by atoms with E-state index in [2.05, 4.69) is 28.7 Å². The number of hydrogen-bond donors (Lipinski definition) is 2. The summed E-state index contributed by atoms with van der Waals surface area (Å²) < 4.78 is 2.07. The molecule has 0 radical (unpaired) electrons. The molecule has 0 aromatic carbocycles. The largest absolute Gasteiger partial charge is 0.352 e. The molecule has 7 heteroatoms. The first kappa shape index (κ1) is 20.3. The minimum atomic E-state index is -0.453. The Labute approximate surface area is 166 Å². The molecule has 152 valence electrons. The molecule has 1 aliphatic rings. The molecule has 28 heavy (non-hydrogen) atoms. The van der Waals surface area contributed by atoms with Gasteiger partial charge >= 0.3 is 0 Å². The molecular weight excluding hydrogens is 354 g/mol. The van der Waals surface area contributed by atoms with Crippen LogP contribution in [0.5, 0.6) is 0 Å². The first-order chi connectivity index (χ1) is 13.4. The average Bonchev–Trinajstić information content (AvgIpc) is 3.09. The monoisotopic (exact) mass is 385 g/mol. The molecule has 2 amide bonds. The summed E-state index contributed by atoms with van der Waals surface area (Å²) in [6.07, 6.45) is 8.32. The number of nitrogens with two attached hydrogens (primary N) is 1. The van der Waals surface area contributed by atoms with Crippen LogP contribution in [-0.4, -0.2) is 51.4 Å². The van der Waals surface area contributed by atoms with Crippen molar-refractivity contribution in [2.75, 3.05) is 13.1 Å². The van der Waals surface area contributed by atoms with Crippen molar-refractivity contribution in [1.29, 1.82) is 0 Å². The lowest BCUT2D eigenvalue weighted by Crippen LogP contribution is -2.50. The molecular formula is C21H31N5O2. The van der Waals surface area contributed by atoms with Crippen LogP contribution in [0.2, 0.25) is 0 Å². The molecule has 3 rings (SSSR count). The predicted molar refractivity (Wildman–Crippen MR) is 110 cm³/mol. The van der Waals surface area contributed by atoms with Gasteiger partial charge in [-0.05, 0) is 37.3 Å². The lowest BCUT2D eigenvalue weighted by molar-refractivity contribution is -0.132. The number of amides is 2. The van der Waals surface area contributed by atoms with Gasteiger partial charge in [0.25, 0.3) is 0 Å². The van der Waals surface area contributed by atoms with E-state index in [1.165, 1.54) is 0 Å². The molecule has 0 spiro atoms. The van der Waals surface area contributed by atoms with Gasteiger partial charge in [-0.25, -0.2) is 0 Å². The van der Waals surface area contributed by atoms with Crippen LogP contribution in [0.1, 0.15) is 39.5 Å². The van der Waals surface area contributed by atoms with E-state index in [0.717, 1.165) is 23.7 Å². The SMILES string of the molecule is CC(C)CC(N)C(=O)NC1CCN(C(=O)CCn2ccc3ccncc32)CC1. The van der Waals surface area contributed by atoms with Crippen molar-refractivity contribution >= 4 is 22.7 Å². The van der Waals surface area contributed by atoms with Crippen molar-refractivity contribution in [3.8, 4) is 0 Å². The fraction of sp³-hybridized carbons (Fsp3) is 0.571. The van der Waals surface area contributed by atoms with Crippen LogP contribution in [0, 0.1) is 5.92 Å². The third-order valence-electron chi connectivity index (χ3n) is 5.40. The van der Waals surface area contributed by atoms with Crippen molar-refractivity contribution < 1.29 is 9.59 Å². The van der Waals surface area contributed by atoms with Crippen molar-refractivity contribution in [2.24, 2.45) is 11.7 Å². The minimum absolute atomic E-state index is 0.0772. The van der Waals surface area contributed by atoms with Crippen LogP contribution >= 0.6 is 0 Å². The summed E-state index contributed by atoms with van der Waals surface area (Å²) >= 11 is 0. The Balaban J connectivity index is 1.43. The Morgan fingerprint density at radius 1 is 1.29 bits per heavy atom. The number of piperidine rings is 1. The Morgan fingerprint density at radius 3 is 2.75 bits per heavy atom. The van der Waals surface area contributed by atoms with Gasteiger partial charge in [0, 0.05) is 49.9 Å². The zero-order chi connectivity index (χ0) is 20.1. The summed E-state index contributed by atoms with van der Waals surface area (Å²) in [5, 5.41) is 4.18. The summed E-state index contributed by atoms with van der Waals surface area (Å²) in [7, 11) is 0. The highest BCUT2D eigenvalue weighted by Crippen LogP contribution is 2.16. The maximum atomic E-state index is 12.6. The summed E-state index contributed by atoms with van der Waals surface area (Å²) in [4.78, 5) is 30.8. The van der Waals surface area contributed by atoms with Gasteiger partial charge < -0.3 is 20.5 Å². The third kappa shape index (κ3) is 5.10. The molecule has 1 saturated heterocycles. The quantitative estimate of drug-likeness (QED) is 0.761. The minimum Gasteiger partial charge on any atom is -0.352 e. The van der Waals surface area contributed by atoms with Crippen molar-refractivity contribution in [3.63, 3.8) is 0 Å². The molecule has 0 bridgehead atoms. The number of nitrogens with zero attached hydrogens (tertiary/aromatic N) is 3. The summed E-state index contributed by atoms with van der Waals surface area (Å²) in [5.41, 5.74) is 7.00. The second kappa shape index (κ2) is 9.19. The first-order valence-electron chi connectivity index (χ1n) is 10.2. The molecule has 1 atom stereocenters. The van der Waals surface area contributed by atoms with Gasteiger partial charge in [0.2, 0.25) is 11.8 Å². The van der Waals surface area contributed by atoms with E-state index < -0.39 is 6.04 Å². The normalized spacial score (nSPS) is 16.5. The maximum absolute atomic E-state index is 12.6. The first-order valence-corrected chi connectivity index (χ1v) is 10.2. The lowest BCUT2D eigenvalue weighted by atomic mass is 10.0. The van der Waals surface area contributed by atoms with Gasteiger partial charge in [0.05, 0.1) is 17.8 Å². The lowest BCUT2D eigenvalue weighted by Gasteiger charge is -2.33. The van der Waals surface area contributed by atoms with Crippen LogP contribution in [0.4, 0.5) is 0 Å². The number of fused-ring (bicyclic) bond motifs is 1. The highest BCUT2D eigenvalue weighted by molar-refractivity contribution is 5.82. The Kier molecular flexibility index (Phi) is 6.67. The number of rotatable bonds is 7. The fourth-order valence-electron chi connectivity index (χ4n) is 3.79. The molecule has 0 saturated carbocycles. The molecule has 3 N–H and O–H groups in total. The number of carbonyl (C=O) groups is 2. The number of likely N-dealkylation sites (tertiary alicyclic amines) is 1. The number of hydrogen-bond acceptors (Lipinski definition) is 4. The standard InChI is InChI=1S/C21H31N5O2/c1-15(2)13-18(22)21(28)24-17-5-10-26(11-6-17)20(27)7-12-25-9-4-16-3-8-23-14-19(16)25/h3-4,8-9,14-15,17-18H,5-7,10-13,22H2,1-2H3,(H,24,28). The van der Waals surface area contributed by atoms with Crippen molar-refractivity contribution in [1.82, 2.24) is 19.8 Å². The molecule has 1 unspecified atom stereocenters. The number of aryl methyl sites for hydroxylation is 1. The van der Waals surface area contributed by atoms with Gasteiger partial charge in [-0.1, -0.05) is 13.8 Å². The predicted octanol–water partition coefficient (Wildman–Crippen LogP) is 1.91. The highest BCUT2D eigenvalue weighted by Gasteiger charge is 2.25.